The van der Waals surface area contributed by atoms with Gasteiger partial charge >= 0.3 is 11.9 Å². The van der Waals surface area contributed by atoms with Crippen LogP contribution < -0.4 is 20.5 Å². The van der Waals surface area contributed by atoms with Crippen molar-refractivity contribution < 1.29 is 34.1 Å². The Balaban J connectivity index is 0.803. The molecule has 6 aliphatic carbocycles. The molecule has 8 rings (SSSR count). The third kappa shape index (κ3) is 6.11. The highest BCUT2D eigenvalue weighted by molar-refractivity contribution is 5.89. The maximum atomic E-state index is 12.8. The minimum absolute atomic E-state index is 0.0337. The number of rotatable bonds is 7. The van der Waals surface area contributed by atoms with Gasteiger partial charge in [-0.05, 0) is 170 Å². The number of aryl methyl sites for hydroxylation is 2. The van der Waals surface area contributed by atoms with E-state index in [1.807, 2.05) is 24.3 Å². The maximum Gasteiger partial charge on any atom is 0.330 e. The van der Waals surface area contributed by atoms with E-state index in [2.05, 4.69) is 31.3 Å². The molecule has 2 aromatic rings. The molecule has 11 atom stereocenters. The molecule has 0 spiro atoms. The highest BCUT2D eigenvalue weighted by Gasteiger charge is 2.55. The summed E-state index contributed by atoms with van der Waals surface area (Å²) in [5.74, 6) is 2.30. The first-order chi connectivity index (χ1) is 24.4. The molecule has 4 fully saturated rings. The molecule has 0 aliphatic heterocycles. The molecule has 9 heteroatoms. The summed E-state index contributed by atoms with van der Waals surface area (Å²) in [4.78, 5) is 38.1. The molecule has 0 heterocycles. The van der Waals surface area contributed by atoms with Crippen molar-refractivity contribution in [3.8, 4) is 11.5 Å². The largest absolute Gasteiger partial charge is 0.426 e. The number of fused-ring (bicyclic) bond motifs is 10. The van der Waals surface area contributed by atoms with Gasteiger partial charge < -0.3 is 30.7 Å². The van der Waals surface area contributed by atoms with Gasteiger partial charge in [-0.2, -0.15) is 0 Å². The van der Waals surface area contributed by atoms with Gasteiger partial charge in [-0.15, -0.1) is 0 Å². The van der Waals surface area contributed by atoms with Crippen molar-refractivity contribution in [1.82, 2.24) is 5.32 Å². The number of aliphatic hydroxyl groups is 2. The van der Waals surface area contributed by atoms with Crippen molar-refractivity contribution in [3.63, 3.8) is 0 Å². The average Bonchev–Trinajstić information content (AvgIpc) is 3.60. The predicted octanol–water partition coefficient (Wildman–Crippen LogP) is 5.47. The Hall–Kier alpha value is -3.27. The quantitative estimate of drug-likeness (QED) is 0.220. The third-order valence-corrected chi connectivity index (χ3v) is 14.9. The normalized spacial score (nSPS) is 36.6. The lowest BCUT2D eigenvalue weighted by Gasteiger charge is -2.50. The number of aliphatic hydroxyl groups excluding tert-OH is 2. The number of carbonyl (C=O) groups excluding carboxylic acids is 3. The van der Waals surface area contributed by atoms with Crippen molar-refractivity contribution in [1.29, 1.82) is 0 Å². The number of nitrogens with one attached hydrogen (secondary N) is 1. The number of esters is 2. The predicted molar refractivity (Wildman–Crippen MR) is 191 cm³/mol. The fourth-order valence-electron chi connectivity index (χ4n) is 12.1. The monoisotopic (exact) mass is 698 g/mol. The zero-order chi connectivity index (χ0) is 35.7. The van der Waals surface area contributed by atoms with Crippen molar-refractivity contribution in [2.45, 2.75) is 127 Å². The summed E-state index contributed by atoms with van der Waals surface area (Å²) in [6.45, 7) is 4.19. The van der Waals surface area contributed by atoms with Crippen LogP contribution in [0.2, 0.25) is 0 Å². The van der Waals surface area contributed by atoms with Crippen molar-refractivity contribution in [2.24, 2.45) is 40.2 Å². The summed E-state index contributed by atoms with van der Waals surface area (Å²) < 4.78 is 11.2. The number of carbonyl (C=O) groups is 3. The van der Waals surface area contributed by atoms with Crippen LogP contribution in [-0.2, 0) is 27.2 Å². The zero-order valence-corrected chi connectivity index (χ0v) is 30.1. The van der Waals surface area contributed by atoms with Gasteiger partial charge in [-0.1, -0.05) is 26.0 Å². The van der Waals surface area contributed by atoms with Crippen LogP contribution in [0.15, 0.2) is 36.4 Å². The van der Waals surface area contributed by atoms with Gasteiger partial charge in [0.15, 0.2) is 0 Å². The number of hydrogen-bond donors (Lipinski definition) is 4. The lowest BCUT2D eigenvalue weighted by molar-refractivity contribution is -0.138. The van der Waals surface area contributed by atoms with Crippen LogP contribution in [0.4, 0.5) is 0 Å². The molecule has 0 radical (unpaired) electrons. The van der Waals surface area contributed by atoms with E-state index in [-0.39, 0.29) is 36.0 Å². The molecule has 9 nitrogen and oxygen atoms in total. The highest BCUT2D eigenvalue weighted by Crippen LogP contribution is 2.62. The van der Waals surface area contributed by atoms with E-state index in [1.165, 1.54) is 22.3 Å². The van der Waals surface area contributed by atoms with Gasteiger partial charge in [0.2, 0.25) is 5.91 Å². The first-order valence-electron chi connectivity index (χ1n) is 19.5. The van der Waals surface area contributed by atoms with E-state index in [0.717, 1.165) is 77.0 Å². The Labute approximate surface area is 301 Å². The van der Waals surface area contributed by atoms with Crippen molar-refractivity contribution in [3.05, 3.63) is 58.7 Å². The van der Waals surface area contributed by atoms with Crippen LogP contribution in [0.5, 0.6) is 11.5 Å². The minimum atomic E-state index is -1.17. The minimum Gasteiger partial charge on any atom is -0.426 e. The summed E-state index contributed by atoms with van der Waals surface area (Å²) in [7, 11) is 0. The molecular formula is C42H54N2O7. The van der Waals surface area contributed by atoms with E-state index in [9.17, 15) is 24.6 Å². The zero-order valence-electron chi connectivity index (χ0n) is 30.1. The lowest BCUT2D eigenvalue weighted by atomic mass is 9.55. The molecule has 5 N–H and O–H groups in total. The van der Waals surface area contributed by atoms with Gasteiger partial charge in [0.05, 0.1) is 24.7 Å². The topological polar surface area (TPSA) is 148 Å². The molecule has 0 aromatic heterocycles. The molecule has 11 unspecified atom stereocenters. The van der Waals surface area contributed by atoms with Crippen molar-refractivity contribution in [2.75, 3.05) is 6.54 Å². The first kappa shape index (κ1) is 34.8. The number of amides is 1. The molecule has 0 bridgehead atoms. The molecule has 2 aromatic carbocycles. The van der Waals surface area contributed by atoms with E-state index < -0.39 is 23.9 Å². The Morgan fingerprint density at radius 3 is 1.75 bits per heavy atom. The van der Waals surface area contributed by atoms with Crippen LogP contribution in [0, 0.1) is 34.5 Å². The molecule has 274 valence electrons. The fourth-order valence-corrected chi connectivity index (χ4v) is 12.1. The van der Waals surface area contributed by atoms with Gasteiger partial charge in [-0.3, -0.25) is 9.59 Å². The highest BCUT2D eigenvalue weighted by atomic mass is 16.5. The SMILES string of the molecule is CC12CCC3c4ccc(OC(=O)CNC(=O)C(N)CC(=O)Oc5ccc6c(c5)CCC5C6CCC6(C)C(O)CCC56)cc4CCC3C1CCC2O. The number of benzene rings is 2. The number of hydrogen-bond acceptors (Lipinski definition) is 8. The van der Waals surface area contributed by atoms with Crippen LogP contribution in [0.1, 0.15) is 119 Å². The molecule has 6 aliphatic rings. The lowest BCUT2D eigenvalue weighted by Crippen LogP contribution is -2.44. The number of nitrogens with two attached hydrogens (primary N) is 1. The van der Waals surface area contributed by atoms with E-state index >= 15 is 0 Å². The Morgan fingerprint density at radius 2 is 1.24 bits per heavy atom. The van der Waals surface area contributed by atoms with Crippen LogP contribution in [0.3, 0.4) is 0 Å². The second kappa shape index (κ2) is 13.3. The summed E-state index contributed by atoms with van der Waals surface area (Å²) >= 11 is 0. The van der Waals surface area contributed by atoms with Gasteiger partial charge in [0.25, 0.3) is 0 Å². The van der Waals surface area contributed by atoms with Crippen LogP contribution >= 0.6 is 0 Å². The van der Waals surface area contributed by atoms with Gasteiger partial charge in [0.1, 0.15) is 18.0 Å². The van der Waals surface area contributed by atoms with E-state index in [0.29, 0.717) is 47.0 Å². The van der Waals surface area contributed by atoms with Crippen molar-refractivity contribution >= 4 is 17.8 Å². The molecular weight excluding hydrogens is 644 g/mol. The van der Waals surface area contributed by atoms with Gasteiger partial charge in [-0.25, -0.2) is 4.79 Å². The Kier molecular flexibility index (Phi) is 9.07. The molecule has 0 saturated heterocycles. The van der Waals surface area contributed by atoms with Crippen LogP contribution in [0.25, 0.3) is 0 Å². The smallest absolute Gasteiger partial charge is 0.330 e. The fraction of sp³-hybridized carbons (Fsp3) is 0.643. The molecule has 51 heavy (non-hydrogen) atoms. The molecule has 4 saturated carbocycles. The van der Waals surface area contributed by atoms with Gasteiger partial charge in [0, 0.05) is 0 Å². The second-order valence-corrected chi connectivity index (χ2v) is 17.3. The summed E-state index contributed by atoms with van der Waals surface area (Å²) in [6.07, 6.45) is 11.5. The number of ether oxygens (including phenoxy) is 2. The first-order valence-corrected chi connectivity index (χ1v) is 19.5. The van der Waals surface area contributed by atoms with Crippen LogP contribution in [-0.4, -0.2) is 52.9 Å². The Morgan fingerprint density at radius 1 is 0.745 bits per heavy atom. The Bertz CT molecular complexity index is 1710. The van der Waals surface area contributed by atoms with E-state index in [4.69, 9.17) is 15.2 Å². The average molecular weight is 699 g/mol. The van der Waals surface area contributed by atoms with E-state index in [1.54, 1.807) is 0 Å². The summed E-state index contributed by atoms with van der Waals surface area (Å²) in [5, 5.41) is 23.9. The summed E-state index contributed by atoms with van der Waals surface area (Å²) in [5.41, 5.74) is 11.2. The maximum absolute atomic E-state index is 12.8. The third-order valence-electron chi connectivity index (χ3n) is 14.9. The second-order valence-electron chi connectivity index (χ2n) is 17.3. The standard InChI is InChI=1S/C42H54N2O7/c1-41-17-15-29-27-9-5-25(19-23(27)3-7-31(29)33(41)11-13-36(41)45)50-38(47)21-35(43)40(49)44-22-39(48)51-26-6-10-28-24(20-26)4-8-32-30(28)16-18-42(2)34(32)12-14-37(42)46/h5-6,9-10,19-20,29-37,45-46H,3-4,7-8,11-18,21-22,43H2,1-2H3,(H,44,49). The molecule has 1 amide bonds. The summed E-state index contributed by atoms with van der Waals surface area (Å²) in [6, 6.07) is 10.6.